The minimum Gasteiger partial charge on any atom is -0.546 e. The molecule has 0 heterocycles. The number of ether oxygens (including phenoxy) is 2. The largest absolute Gasteiger partial charge is 0.546 e. The molecule has 3 rings (SSSR count). The SMILES string of the molecule is Cc1ccccc1C(Oc1cc(OCc2ccccc2)ccc1C#N)C(=O)[O-]. The van der Waals surface area contributed by atoms with Crippen molar-refractivity contribution in [2.75, 3.05) is 0 Å². The Hall–Kier alpha value is -3.78. The molecule has 0 amide bonds. The van der Waals surface area contributed by atoms with Gasteiger partial charge in [0.2, 0.25) is 0 Å². The van der Waals surface area contributed by atoms with E-state index in [1.54, 1.807) is 37.3 Å². The summed E-state index contributed by atoms with van der Waals surface area (Å²) in [5.74, 6) is -0.779. The average Bonchev–Trinajstić information content (AvgIpc) is 2.72. The lowest BCUT2D eigenvalue weighted by Gasteiger charge is -2.23. The normalized spacial score (nSPS) is 11.3. The van der Waals surface area contributed by atoms with E-state index in [0.717, 1.165) is 11.1 Å². The summed E-state index contributed by atoms with van der Waals surface area (Å²) in [4.78, 5) is 11.7. The third-order valence-electron chi connectivity index (χ3n) is 4.25. The van der Waals surface area contributed by atoms with Crippen molar-refractivity contribution in [1.29, 1.82) is 5.26 Å². The van der Waals surface area contributed by atoms with Crippen LogP contribution in [0.25, 0.3) is 0 Å². The van der Waals surface area contributed by atoms with Crippen molar-refractivity contribution < 1.29 is 19.4 Å². The Balaban J connectivity index is 1.86. The van der Waals surface area contributed by atoms with Crippen LogP contribution in [0.4, 0.5) is 0 Å². The summed E-state index contributed by atoms with van der Waals surface area (Å²) in [5.41, 5.74) is 2.43. The van der Waals surface area contributed by atoms with Crippen LogP contribution in [0.2, 0.25) is 0 Å². The van der Waals surface area contributed by atoms with E-state index in [4.69, 9.17) is 9.47 Å². The third-order valence-corrected chi connectivity index (χ3v) is 4.25. The molecule has 0 radical (unpaired) electrons. The summed E-state index contributed by atoms with van der Waals surface area (Å²) in [6.07, 6.45) is -1.34. The van der Waals surface area contributed by atoms with Gasteiger partial charge in [0.15, 0.2) is 6.10 Å². The molecule has 0 aliphatic heterocycles. The molecule has 0 bridgehead atoms. The maximum Gasteiger partial charge on any atom is 0.163 e. The second kappa shape index (κ2) is 8.74. The molecule has 0 aliphatic rings. The van der Waals surface area contributed by atoms with Gasteiger partial charge < -0.3 is 19.4 Å². The van der Waals surface area contributed by atoms with E-state index in [1.807, 2.05) is 42.5 Å². The molecule has 1 unspecified atom stereocenters. The molecule has 5 heteroatoms. The minimum absolute atomic E-state index is 0.130. The van der Waals surface area contributed by atoms with E-state index < -0.39 is 12.1 Å². The number of aryl methyl sites for hydroxylation is 1. The molecule has 0 spiro atoms. The predicted octanol–water partition coefficient (Wildman–Crippen LogP) is 3.32. The zero-order valence-electron chi connectivity index (χ0n) is 15.3. The fourth-order valence-corrected chi connectivity index (χ4v) is 2.77. The van der Waals surface area contributed by atoms with Gasteiger partial charge >= 0.3 is 0 Å². The lowest BCUT2D eigenvalue weighted by molar-refractivity contribution is -0.314. The summed E-state index contributed by atoms with van der Waals surface area (Å²) in [6, 6.07) is 23.3. The quantitative estimate of drug-likeness (QED) is 0.635. The van der Waals surface area contributed by atoms with Gasteiger partial charge in [-0.2, -0.15) is 5.26 Å². The first-order valence-electron chi connectivity index (χ1n) is 8.72. The number of rotatable bonds is 7. The van der Waals surface area contributed by atoms with E-state index in [2.05, 4.69) is 0 Å². The molecule has 5 nitrogen and oxygen atoms in total. The van der Waals surface area contributed by atoms with Crippen molar-refractivity contribution in [2.45, 2.75) is 19.6 Å². The molecule has 1 atom stereocenters. The number of nitriles is 1. The highest BCUT2D eigenvalue weighted by molar-refractivity contribution is 5.73. The number of carbonyl (C=O) groups excluding carboxylic acids is 1. The summed E-state index contributed by atoms with van der Waals surface area (Å²) in [5, 5.41) is 21.1. The third kappa shape index (κ3) is 4.49. The highest BCUT2D eigenvalue weighted by Gasteiger charge is 2.19. The predicted molar refractivity (Wildman–Crippen MR) is 101 cm³/mol. The van der Waals surface area contributed by atoms with Crippen molar-refractivity contribution in [2.24, 2.45) is 0 Å². The maximum atomic E-state index is 11.7. The van der Waals surface area contributed by atoms with E-state index in [9.17, 15) is 15.2 Å². The lowest BCUT2D eigenvalue weighted by atomic mass is 10.0. The Morgan fingerprint density at radius 2 is 1.79 bits per heavy atom. The van der Waals surface area contributed by atoms with Crippen molar-refractivity contribution in [3.63, 3.8) is 0 Å². The van der Waals surface area contributed by atoms with Crippen LogP contribution < -0.4 is 14.6 Å². The summed E-state index contributed by atoms with van der Waals surface area (Å²) >= 11 is 0. The molecular weight excluding hydrogens is 354 g/mol. The van der Waals surface area contributed by atoms with Crippen LogP contribution in [-0.2, 0) is 11.4 Å². The monoisotopic (exact) mass is 372 g/mol. The Morgan fingerprint density at radius 3 is 2.46 bits per heavy atom. The lowest BCUT2D eigenvalue weighted by Crippen LogP contribution is -2.33. The number of nitrogens with zero attached hydrogens (tertiary/aromatic N) is 1. The summed E-state index contributed by atoms with van der Waals surface area (Å²) in [6.45, 7) is 2.13. The molecule has 0 aliphatic carbocycles. The number of benzene rings is 3. The Bertz CT molecular complexity index is 1010. The van der Waals surface area contributed by atoms with Gasteiger partial charge in [0.25, 0.3) is 0 Å². The van der Waals surface area contributed by atoms with Crippen molar-refractivity contribution in [3.8, 4) is 17.6 Å². The number of hydrogen-bond donors (Lipinski definition) is 0. The fourth-order valence-electron chi connectivity index (χ4n) is 2.77. The fraction of sp³-hybridized carbons (Fsp3) is 0.130. The molecule has 3 aromatic rings. The summed E-state index contributed by atoms with van der Waals surface area (Å²) < 4.78 is 11.4. The molecule has 0 aromatic heterocycles. The van der Waals surface area contributed by atoms with Crippen molar-refractivity contribution >= 4 is 5.97 Å². The first kappa shape index (κ1) is 19.0. The summed E-state index contributed by atoms with van der Waals surface area (Å²) in [7, 11) is 0. The highest BCUT2D eigenvalue weighted by atomic mass is 16.5. The first-order chi connectivity index (χ1) is 13.6. The first-order valence-corrected chi connectivity index (χ1v) is 8.72. The van der Waals surface area contributed by atoms with Gasteiger partial charge in [-0.3, -0.25) is 0 Å². The van der Waals surface area contributed by atoms with Crippen LogP contribution in [0.1, 0.15) is 28.4 Å². The molecular formula is C23H18NO4-. The van der Waals surface area contributed by atoms with Crippen LogP contribution >= 0.6 is 0 Å². The minimum atomic E-state index is -1.38. The zero-order chi connectivity index (χ0) is 19.9. The van der Waals surface area contributed by atoms with Gasteiger partial charge in [0.1, 0.15) is 24.2 Å². The Labute approximate surface area is 163 Å². The molecule has 0 saturated heterocycles. The van der Waals surface area contributed by atoms with Crippen LogP contribution in [0, 0.1) is 18.3 Å². The topological polar surface area (TPSA) is 82.4 Å². The highest BCUT2D eigenvalue weighted by Crippen LogP contribution is 2.30. The molecule has 3 aromatic carbocycles. The van der Waals surface area contributed by atoms with E-state index in [-0.39, 0.29) is 11.3 Å². The zero-order valence-corrected chi connectivity index (χ0v) is 15.3. The number of carboxylic acids is 1. The molecule has 28 heavy (non-hydrogen) atoms. The van der Waals surface area contributed by atoms with E-state index >= 15 is 0 Å². The standard InChI is InChI=1S/C23H19NO4/c1-16-7-5-6-10-20(16)22(23(25)26)28-21-13-19(12-11-18(21)14-24)27-15-17-8-3-2-4-9-17/h2-13,22H,15H2,1H3,(H,25,26)/p-1. The van der Waals surface area contributed by atoms with E-state index in [1.165, 1.54) is 6.07 Å². The molecule has 0 N–H and O–H groups in total. The number of aliphatic carboxylic acids is 1. The van der Waals surface area contributed by atoms with Gasteiger partial charge in [-0.15, -0.1) is 0 Å². The Kier molecular flexibility index (Phi) is 5.93. The van der Waals surface area contributed by atoms with Crippen molar-refractivity contribution in [3.05, 3.63) is 95.1 Å². The van der Waals surface area contributed by atoms with Crippen LogP contribution in [-0.4, -0.2) is 5.97 Å². The van der Waals surface area contributed by atoms with Gasteiger partial charge in [0, 0.05) is 11.6 Å². The number of carbonyl (C=O) groups is 1. The van der Waals surface area contributed by atoms with Gasteiger partial charge in [-0.05, 0) is 30.2 Å². The van der Waals surface area contributed by atoms with Gasteiger partial charge in [-0.25, -0.2) is 0 Å². The molecule has 0 fully saturated rings. The number of hydrogen-bond acceptors (Lipinski definition) is 5. The molecule has 140 valence electrons. The Morgan fingerprint density at radius 1 is 1.07 bits per heavy atom. The number of carboxylic acid groups (broad SMARTS) is 1. The maximum absolute atomic E-state index is 11.7. The van der Waals surface area contributed by atoms with Gasteiger partial charge in [0.05, 0.1) is 11.5 Å². The van der Waals surface area contributed by atoms with Gasteiger partial charge in [-0.1, -0.05) is 54.6 Å². The average molecular weight is 372 g/mol. The second-order valence-electron chi connectivity index (χ2n) is 6.22. The smallest absolute Gasteiger partial charge is 0.163 e. The van der Waals surface area contributed by atoms with Crippen LogP contribution in [0.15, 0.2) is 72.8 Å². The van der Waals surface area contributed by atoms with Crippen LogP contribution in [0.3, 0.4) is 0 Å². The van der Waals surface area contributed by atoms with E-state index in [0.29, 0.717) is 17.9 Å². The van der Waals surface area contributed by atoms with Crippen LogP contribution in [0.5, 0.6) is 11.5 Å². The second-order valence-corrected chi connectivity index (χ2v) is 6.22. The molecule has 0 saturated carbocycles. The van der Waals surface area contributed by atoms with Crippen molar-refractivity contribution in [1.82, 2.24) is 0 Å².